The van der Waals surface area contributed by atoms with Crippen molar-refractivity contribution in [3.63, 3.8) is 0 Å². The zero-order chi connectivity index (χ0) is 19.1. The Hall–Kier alpha value is -2.49. The smallest absolute Gasteiger partial charge is 0.317 e. The van der Waals surface area contributed by atoms with Crippen LogP contribution in [0.4, 0.5) is 4.39 Å². The van der Waals surface area contributed by atoms with Crippen molar-refractivity contribution in [1.82, 2.24) is 14.5 Å². The Kier molecular flexibility index (Phi) is 4.70. The maximum absolute atomic E-state index is 13.4. The number of hydrogen-bond acceptors (Lipinski definition) is 5. The number of carbonyl (C=O) groups excluding carboxylic acids is 1. The van der Waals surface area contributed by atoms with Crippen LogP contribution in [0.3, 0.4) is 0 Å². The minimum atomic E-state index is -3.17. The van der Waals surface area contributed by atoms with Crippen LogP contribution in [-0.4, -0.2) is 52.9 Å². The van der Waals surface area contributed by atoms with Gasteiger partial charge in [0, 0.05) is 12.6 Å². The first-order valence-corrected chi connectivity index (χ1v) is 9.96. The van der Waals surface area contributed by atoms with Crippen molar-refractivity contribution in [2.24, 2.45) is 0 Å². The number of fused-ring (bicyclic) bond motifs is 1. The number of nitrogens with one attached hydrogen (secondary N) is 1. The highest BCUT2D eigenvalue weighted by atomic mass is 32.2. The fourth-order valence-electron chi connectivity index (χ4n) is 3.29. The summed E-state index contributed by atoms with van der Waals surface area (Å²) < 4.78 is 37.7. The molecular weight excluding hydrogens is 365 g/mol. The Bertz CT molecular complexity index is 1090. The monoisotopic (exact) mass is 383 g/mol. The molecule has 0 aliphatic carbocycles. The summed E-state index contributed by atoms with van der Waals surface area (Å²) in [6.07, 6.45) is 0.345. The third kappa shape index (κ3) is 3.41. The van der Waals surface area contributed by atoms with E-state index in [1.165, 1.54) is 11.0 Å². The van der Waals surface area contributed by atoms with Gasteiger partial charge < -0.3 is 9.88 Å². The normalized spacial score (nSPS) is 18.9. The summed E-state index contributed by atoms with van der Waals surface area (Å²) in [4.78, 5) is 40.4. The molecule has 0 spiro atoms. The predicted molar refractivity (Wildman–Crippen MR) is 93.2 cm³/mol. The number of likely N-dealkylation sites (N-methyl/N-ethyl adjacent to an activating group) is 1. The van der Waals surface area contributed by atoms with Gasteiger partial charge in [0.25, 0.3) is 0 Å². The van der Waals surface area contributed by atoms with E-state index in [2.05, 4.69) is 4.98 Å². The molecule has 1 atom stereocenters. The van der Waals surface area contributed by atoms with Gasteiger partial charge in [-0.25, -0.2) is 12.8 Å². The molecule has 140 valence electrons. The highest BCUT2D eigenvalue weighted by Gasteiger charge is 2.34. The van der Waals surface area contributed by atoms with Gasteiger partial charge in [-0.3, -0.25) is 19.0 Å². The number of aromatic amines is 1. The second kappa shape index (κ2) is 6.67. The van der Waals surface area contributed by atoms with Crippen molar-refractivity contribution >= 4 is 26.8 Å². The lowest BCUT2D eigenvalue weighted by Crippen LogP contribution is -2.45. The second-order valence-corrected chi connectivity index (χ2v) is 8.47. The third-order valence-electron chi connectivity index (χ3n) is 4.54. The molecule has 0 saturated carbocycles. The molecule has 0 bridgehead atoms. The summed E-state index contributed by atoms with van der Waals surface area (Å²) in [5.74, 6) is -1.14. The van der Waals surface area contributed by atoms with Gasteiger partial charge >= 0.3 is 11.1 Å². The molecule has 1 aromatic carbocycles. The number of rotatable bonds is 4. The molecule has 1 unspecified atom stereocenters. The summed E-state index contributed by atoms with van der Waals surface area (Å²) in [5.41, 5.74) is -1.55. The van der Waals surface area contributed by atoms with E-state index >= 15 is 0 Å². The topological polar surface area (TPSA) is 109 Å². The molecule has 1 aliphatic rings. The second-order valence-electron chi connectivity index (χ2n) is 6.24. The molecule has 3 rings (SSSR count). The van der Waals surface area contributed by atoms with E-state index in [0.29, 0.717) is 6.42 Å². The highest BCUT2D eigenvalue weighted by molar-refractivity contribution is 7.91. The van der Waals surface area contributed by atoms with Crippen molar-refractivity contribution in [1.29, 1.82) is 0 Å². The largest absolute Gasteiger partial charge is 0.337 e. The molecule has 8 nitrogen and oxygen atoms in total. The first-order chi connectivity index (χ1) is 12.2. The molecule has 1 aliphatic heterocycles. The highest BCUT2D eigenvalue weighted by Crippen LogP contribution is 2.18. The van der Waals surface area contributed by atoms with Crippen molar-refractivity contribution in [2.75, 3.05) is 18.1 Å². The number of amides is 1. The molecule has 1 fully saturated rings. The summed E-state index contributed by atoms with van der Waals surface area (Å²) in [7, 11) is -3.17. The molecule has 1 aromatic heterocycles. The quantitative estimate of drug-likeness (QED) is 0.740. The van der Waals surface area contributed by atoms with Gasteiger partial charge in [0.1, 0.15) is 12.4 Å². The van der Waals surface area contributed by atoms with Gasteiger partial charge in [-0.05, 0) is 31.5 Å². The fourth-order valence-corrected chi connectivity index (χ4v) is 5.02. The summed E-state index contributed by atoms with van der Waals surface area (Å²) in [6, 6.07) is 3.06. The van der Waals surface area contributed by atoms with Crippen molar-refractivity contribution < 1.29 is 17.6 Å². The molecular formula is C16H18FN3O5S. The van der Waals surface area contributed by atoms with Gasteiger partial charge in [0.05, 0.1) is 22.5 Å². The Morgan fingerprint density at radius 1 is 1.38 bits per heavy atom. The van der Waals surface area contributed by atoms with Crippen LogP contribution in [-0.2, 0) is 21.2 Å². The number of aromatic nitrogens is 2. The third-order valence-corrected chi connectivity index (χ3v) is 6.29. The fraction of sp³-hybridized carbons (Fsp3) is 0.438. The van der Waals surface area contributed by atoms with E-state index in [-0.39, 0.29) is 29.1 Å². The number of nitrogens with zero attached hydrogens (tertiary/aromatic N) is 2. The van der Waals surface area contributed by atoms with Crippen LogP contribution < -0.4 is 11.1 Å². The first-order valence-electron chi connectivity index (χ1n) is 8.14. The average Bonchev–Trinajstić information content (AvgIpc) is 2.92. The molecule has 2 heterocycles. The molecule has 26 heavy (non-hydrogen) atoms. The molecule has 10 heteroatoms. The number of halogens is 1. The summed E-state index contributed by atoms with van der Waals surface area (Å²) in [5, 5.41) is 0. The zero-order valence-corrected chi connectivity index (χ0v) is 14.9. The van der Waals surface area contributed by atoms with Crippen molar-refractivity contribution in [3.8, 4) is 0 Å². The molecule has 1 N–H and O–H groups in total. The van der Waals surface area contributed by atoms with Crippen LogP contribution in [0.1, 0.15) is 13.3 Å². The van der Waals surface area contributed by atoms with E-state index in [0.717, 1.165) is 16.7 Å². The van der Waals surface area contributed by atoms with Crippen LogP contribution in [0, 0.1) is 5.82 Å². The number of H-pyrrole nitrogens is 1. The summed E-state index contributed by atoms with van der Waals surface area (Å²) >= 11 is 0. The van der Waals surface area contributed by atoms with Gasteiger partial charge in [0.2, 0.25) is 5.91 Å². The molecule has 2 aromatic rings. The van der Waals surface area contributed by atoms with E-state index in [4.69, 9.17) is 0 Å². The maximum Gasteiger partial charge on any atom is 0.317 e. The Morgan fingerprint density at radius 3 is 2.73 bits per heavy atom. The van der Waals surface area contributed by atoms with Crippen LogP contribution in [0.5, 0.6) is 0 Å². The van der Waals surface area contributed by atoms with Gasteiger partial charge in [0.15, 0.2) is 9.84 Å². The SMILES string of the molecule is CCN(C(=O)Cn1c(=O)c(=O)[nH]c2cc(F)ccc21)C1CCS(=O)(=O)C1. The lowest BCUT2D eigenvalue weighted by atomic mass is 10.2. The number of carbonyl (C=O) groups is 1. The minimum absolute atomic E-state index is 0.0224. The van der Waals surface area contributed by atoms with E-state index in [9.17, 15) is 27.2 Å². The lowest BCUT2D eigenvalue weighted by molar-refractivity contribution is -0.133. The summed E-state index contributed by atoms with van der Waals surface area (Å²) in [6.45, 7) is 1.58. The average molecular weight is 383 g/mol. The Balaban J connectivity index is 1.97. The van der Waals surface area contributed by atoms with E-state index < -0.39 is 45.3 Å². The number of sulfone groups is 1. The van der Waals surface area contributed by atoms with Crippen LogP contribution in [0.25, 0.3) is 11.0 Å². The molecule has 1 amide bonds. The Morgan fingerprint density at radius 2 is 2.12 bits per heavy atom. The standard InChI is InChI=1S/C16H18FN3O5S/c1-2-19(11-5-6-26(24,25)9-11)14(21)8-20-13-4-3-10(17)7-12(13)18-15(22)16(20)23/h3-4,7,11H,2,5-6,8-9H2,1H3,(H,18,22). The van der Waals surface area contributed by atoms with Crippen LogP contribution in [0.2, 0.25) is 0 Å². The van der Waals surface area contributed by atoms with E-state index in [1.54, 1.807) is 6.92 Å². The van der Waals surface area contributed by atoms with Crippen LogP contribution >= 0.6 is 0 Å². The van der Waals surface area contributed by atoms with Crippen molar-refractivity contribution in [2.45, 2.75) is 25.9 Å². The van der Waals surface area contributed by atoms with Crippen molar-refractivity contribution in [3.05, 3.63) is 44.7 Å². The van der Waals surface area contributed by atoms with Gasteiger partial charge in [-0.1, -0.05) is 0 Å². The Labute approximate surface area is 148 Å². The minimum Gasteiger partial charge on any atom is -0.337 e. The first kappa shape index (κ1) is 18.3. The van der Waals surface area contributed by atoms with Gasteiger partial charge in [-0.15, -0.1) is 0 Å². The molecule has 1 saturated heterocycles. The van der Waals surface area contributed by atoms with Gasteiger partial charge in [-0.2, -0.15) is 0 Å². The van der Waals surface area contributed by atoms with E-state index in [1.807, 2.05) is 0 Å². The predicted octanol–water partition coefficient (Wildman–Crippen LogP) is -0.135. The molecule has 0 radical (unpaired) electrons. The number of benzene rings is 1. The lowest BCUT2D eigenvalue weighted by Gasteiger charge is -2.27. The zero-order valence-electron chi connectivity index (χ0n) is 14.1. The maximum atomic E-state index is 13.4. The van der Waals surface area contributed by atoms with Crippen LogP contribution in [0.15, 0.2) is 27.8 Å². The number of hydrogen-bond donors (Lipinski definition) is 1.